The van der Waals surface area contributed by atoms with Gasteiger partial charge < -0.3 is 16.0 Å². The van der Waals surface area contributed by atoms with Gasteiger partial charge in [-0.25, -0.2) is 19.9 Å². The molecule has 1 amide bonds. The molecule has 3 heterocycles. The van der Waals surface area contributed by atoms with E-state index in [1.807, 2.05) is 13.0 Å². The molecule has 8 nitrogen and oxygen atoms in total. The Morgan fingerprint density at radius 2 is 1.91 bits per heavy atom. The first-order valence-corrected chi connectivity index (χ1v) is 9.88. The molecular weight excluding hydrogens is 423 g/mol. The number of alkyl halides is 3. The minimum atomic E-state index is -4.56. The summed E-state index contributed by atoms with van der Waals surface area (Å²) in [6.07, 6.45) is 1.28. The molecule has 2 aromatic heterocycles. The van der Waals surface area contributed by atoms with Gasteiger partial charge in [-0.1, -0.05) is 6.07 Å². The summed E-state index contributed by atoms with van der Waals surface area (Å²) in [6.45, 7) is 2.51. The summed E-state index contributed by atoms with van der Waals surface area (Å²) in [5, 5.41) is 2.82. The molecule has 0 saturated carbocycles. The topological polar surface area (TPSA) is 110 Å². The van der Waals surface area contributed by atoms with Gasteiger partial charge in [0.2, 0.25) is 17.8 Å². The molecule has 1 aromatic carbocycles. The van der Waals surface area contributed by atoms with E-state index in [9.17, 15) is 18.0 Å². The van der Waals surface area contributed by atoms with E-state index in [2.05, 4.69) is 25.3 Å². The molecule has 0 unspecified atom stereocenters. The van der Waals surface area contributed by atoms with Crippen molar-refractivity contribution in [2.75, 3.05) is 16.8 Å². The third-order valence-electron chi connectivity index (χ3n) is 5.09. The van der Waals surface area contributed by atoms with E-state index >= 15 is 0 Å². The number of aryl methyl sites for hydroxylation is 1. The summed E-state index contributed by atoms with van der Waals surface area (Å²) >= 11 is 0. The molecule has 3 N–H and O–H groups in total. The first-order chi connectivity index (χ1) is 15.2. The van der Waals surface area contributed by atoms with Crippen LogP contribution < -0.4 is 16.0 Å². The maximum atomic E-state index is 12.9. The van der Waals surface area contributed by atoms with Crippen LogP contribution in [-0.2, 0) is 11.0 Å². The number of anilines is 3. The van der Waals surface area contributed by atoms with Gasteiger partial charge in [-0.2, -0.15) is 13.2 Å². The van der Waals surface area contributed by atoms with Gasteiger partial charge >= 0.3 is 6.18 Å². The summed E-state index contributed by atoms with van der Waals surface area (Å²) < 4.78 is 38.7. The van der Waals surface area contributed by atoms with E-state index in [0.29, 0.717) is 30.2 Å². The molecule has 0 spiro atoms. The Hall–Kier alpha value is -3.76. The Bertz CT molecular complexity index is 1130. The SMILES string of the molecule is Cc1cc(Nc2nccc(C(F)(F)F)n2)cc(-c2cnc(N3CCC[C@H]3C(N)=O)nc2)c1. The summed E-state index contributed by atoms with van der Waals surface area (Å²) in [6, 6.07) is 5.82. The number of carbonyl (C=O) groups excluding carboxylic acids is 1. The molecular formula is C21H20F3N7O. The van der Waals surface area contributed by atoms with Gasteiger partial charge in [-0.15, -0.1) is 0 Å². The number of hydrogen-bond donors (Lipinski definition) is 2. The molecule has 0 aliphatic carbocycles. The van der Waals surface area contributed by atoms with Crippen LogP contribution in [0.4, 0.5) is 30.8 Å². The number of benzene rings is 1. The molecule has 0 radical (unpaired) electrons. The number of nitrogens with two attached hydrogens (primary N) is 1. The second-order valence-corrected chi connectivity index (χ2v) is 7.50. The Morgan fingerprint density at radius 1 is 1.16 bits per heavy atom. The fourth-order valence-corrected chi connectivity index (χ4v) is 3.65. The fraction of sp³-hybridized carbons (Fsp3) is 0.286. The highest BCUT2D eigenvalue weighted by Gasteiger charge is 2.33. The lowest BCUT2D eigenvalue weighted by Crippen LogP contribution is -2.41. The molecule has 1 atom stereocenters. The van der Waals surface area contributed by atoms with Crippen molar-refractivity contribution in [3.8, 4) is 11.1 Å². The number of nitrogens with one attached hydrogen (secondary N) is 1. The predicted octanol–water partition coefficient (Wildman–Crippen LogP) is 3.46. The van der Waals surface area contributed by atoms with Crippen molar-refractivity contribution in [2.45, 2.75) is 32.0 Å². The Balaban J connectivity index is 1.57. The van der Waals surface area contributed by atoms with E-state index in [1.54, 1.807) is 29.4 Å². The van der Waals surface area contributed by atoms with Gasteiger partial charge in [-0.05, 0) is 49.1 Å². The molecule has 1 saturated heterocycles. The van der Waals surface area contributed by atoms with Crippen molar-refractivity contribution in [3.63, 3.8) is 0 Å². The van der Waals surface area contributed by atoms with Gasteiger partial charge in [0.1, 0.15) is 11.7 Å². The molecule has 166 valence electrons. The smallest absolute Gasteiger partial charge is 0.368 e. The monoisotopic (exact) mass is 443 g/mol. The zero-order chi connectivity index (χ0) is 22.9. The summed E-state index contributed by atoms with van der Waals surface area (Å²) in [7, 11) is 0. The van der Waals surface area contributed by atoms with E-state index in [0.717, 1.165) is 29.8 Å². The fourth-order valence-electron chi connectivity index (χ4n) is 3.65. The number of hydrogen-bond acceptors (Lipinski definition) is 7. The molecule has 1 aliphatic heterocycles. The van der Waals surface area contributed by atoms with Gasteiger partial charge in [0, 0.05) is 36.4 Å². The number of rotatable bonds is 5. The van der Waals surface area contributed by atoms with Crippen LogP contribution >= 0.6 is 0 Å². The number of amides is 1. The second-order valence-electron chi connectivity index (χ2n) is 7.50. The maximum absolute atomic E-state index is 12.9. The van der Waals surface area contributed by atoms with Gasteiger partial charge in [0.25, 0.3) is 0 Å². The largest absolute Gasteiger partial charge is 0.433 e. The normalized spacial score (nSPS) is 16.2. The first-order valence-electron chi connectivity index (χ1n) is 9.88. The van der Waals surface area contributed by atoms with Crippen LogP contribution in [0.1, 0.15) is 24.1 Å². The third kappa shape index (κ3) is 4.61. The van der Waals surface area contributed by atoms with Crippen LogP contribution in [0.3, 0.4) is 0 Å². The van der Waals surface area contributed by atoms with Crippen molar-refractivity contribution < 1.29 is 18.0 Å². The number of primary amides is 1. The Labute approximate surface area is 181 Å². The van der Waals surface area contributed by atoms with Crippen LogP contribution in [0.25, 0.3) is 11.1 Å². The highest BCUT2D eigenvalue weighted by molar-refractivity contribution is 5.83. The molecule has 32 heavy (non-hydrogen) atoms. The number of nitrogens with zero attached hydrogens (tertiary/aromatic N) is 5. The highest BCUT2D eigenvalue weighted by atomic mass is 19.4. The molecule has 0 bridgehead atoms. The van der Waals surface area contributed by atoms with Crippen molar-refractivity contribution in [2.24, 2.45) is 5.73 Å². The average molecular weight is 443 g/mol. The van der Waals surface area contributed by atoms with Crippen molar-refractivity contribution in [1.82, 2.24) is 19.9 Å². The van der Waals surface area contributed by atoms with Crippen molar-refractivity contribution >= 4 is 23.5 Å². The number of carbonyl (C=O) groups is 1. The number of aromatic nitrogens is 4. The quantitative estimate of drug-likeness (QED) is 0.621. The zero-order valence-corrected chi connectivity index (χ0v) is 17.1. The van der Waals surface area contributed by atoms with E-state index < -0.39 is 23.8 Å². The minimum absolute atomic E-state index is 0.158. The Kier molecular flexibility index (Phi) is 5.64. The summed E-state index contributed by atoms with van der Waals surface area (Å²) in [5.74, 6) is -0.130. The highest BCUT2D eigenvalue weighted by Crippen LogP contribution is 2.30. The van der Waals surface area contributed by atoms with E-state index in [1.165, 1.54) is 0 Å². The van der Waals surface area contributed by atoms with Crippen LogP contribution in [0, 0.1) is 6.92 Å². The van der Waals surface area contributed by atoms with Gasteiger partial charge in [0.05, 0.1) is 0 Å². The van der Waals surface area contributed by atoms with Crippen LogP contribution in [0.2, 0.25) is 0 Å². The van der Waals surface area contributed by atoms with Crippen LogP contribution in [0.5, 0.6) is 0 Å². The molecule has 4 rings (SSSR count). The third-order valence-corrected chi connectivity index (χ3v) is 5.09. The van der Waals surface area contributed by atoms with Crippen LogP contribution in [0.15, 0.2) is 42.9 Å². The first kappa shape index (κ1) is 21.5. The number of halogens is 3. The van der Waals surface area contributed by atoms with Gasteiger partial charge in [0.15, 0.2) is 0 Å². The predicted molar refractivity (Wildman–Crippen MR) is 112 cm³/mol. The minimum Gasteiger partial charge on any atom is -0.368 e. The van der Waals surface area contributed by atoms with E-state index in [4.69, 9.17) is 5.73 Å². The van der Waals surface area contributed by atoms with E-state index in [-0.39, 0.29) is 5.95 Å². The standard InChI is InChI=1S/C21H20F3N7O/c1-12-7-13(9-15(8-12)29-19-26-5-4-17(30-19)21(22,23)24)14-10-27-20(28-11-14)31-6-2-3-16(31)18(25)32/h4-5,7-11,16H,2-3,6H2,1H3,(H2,25,32)(H,26,29,30)/t16-/m0/s1. The molecule has 1 aliphatic rings. The van der Waals surface area contributed by atoms with Crippen molar-refractivity contribution in [3.05, 3.63) is 54.1 Å². The zero-order valence-electron chi connectivity index (χ0n) is 17.1. The van der Waals surface area contributed by atoms with Crippen LogP contribution in [-0.4, -0.2) is 38.4 Å². The summed E-state index contributed by atoms with van der Waals surface area (Å²) in [4.78, 5) is 29.6. The average Bonchev–Trinajstić information content (AvgIpc) is 3.23. The lowest BCUT2D eigenvalue weighted by atomic mass is 10.1. The lowest BCUT2D eigenvalue weighted by Gasteiger charge is -2.21. The lowest BCUT2D eigenvalue weighted by molar-refractivity contribution is -0.141. The summed E-state index contributed by atoms with van der Waals surface area (Å²) in [5.41, 5.74) is 7.30. The molecule has 1 fully saturated rings. The maximum Gasteiger partial charge on any atom is 0.433 e. The second kappa shape index (κ2) is 8.40. The van der Waals surface area contributed by atoms with Gasteiger partial charge in [-0.3, -0.25) is 4.79 Å². The molecule has 11 heteroatoms. The Morgan fingerprint density at radius 3 is 2.59 bits per heavy atom. The molecule has 3 aromatic rings. The van der Waals surface area contributed by atoms with Crippen molar-refractivity contribution in [1.29, 1.82) is 0 Å².